The van der Waals surface area contributed by atoms with Gasteiger partial charge in [-0.3, -0.25) is 4.68 Å². The first kappa shape index (κ1) is 14.0. The van der Waals surface area contributed by atoms with E-state index in [4.69, 9.17) is 4.74 Å². The highest BCUT2D eigenvalue weighted by molar-refractivity contribution is 9.10. The van der Waals surface area contributed by atoms with Gasteiger partial charge < -0.3 is 10.1 Å². The summed E-state index contributed by atoms with van der Waals surface area (Å²) >= 11 is 3.64. The first-order valence-corrected chi connectivity index (χ1v) is 7.50. The second-order valence-corrected chi connectivity index (χ2v) is 5.60. The predicted molar refractivity (Wildman–Crippen MR) is 75.6 cm³/mol. The zero-order valence-corrected chi connectivity index (χ0v) is 13.0. The summed E-state index contributed by atoms with van der Waals surface area (Å²) in [6.45, 7) is 5.88. The van der Waals surface area contributed by atoms with Gasteiger partial charge >= 0.3 is 0 Å². The largest absolute Gasteiger partial charge is 0.378 e. The zero-order chi connectivity index (χ0) is 13.1. The Balaban J connectivity index is 1.83. The van der Waals surface area contributed by atoms with Gasteiger partial charge in [0.25, 0.3) is 0 Å². The Labute approximate surface area is 117 Å². The molecule has 1 saturated carbocycles. The minimum Gasteiger partial charge on any atom is -0.378 e. The maximum Gasteiger partial charge on any atom is 0.0767 e. The SMILES string of the molecule is CCOC1CC(NCc2c(Br)c(CC)nn2C)C1. The van der Waals surface area contributed by atoms with Crippen LogP contribution < -0.4 is 5.32 Å². The van der Waals surface area contributed by atoms with Crippen LogP contribution in [0.2, 0.25) is 0 Å². The Morgan fingerprint density at radius 3 is 2.72 bits per heavy atom. The Morgan fingerprint density at radius 2 is 2.17 bits per heavy atom. The fourth-order valence-electron chi connectivity index (χ4n) is 2.36. The molecule has 2 rings (SSSR count). The van der Waals surface area contributed by atoms with Gasteiger partial charge in [0.2, 0.25) is 0 Å². The van der Waals surface area contributed by atoms with Gasteiger partial charge in [-0.05, 0) is 42.1 Å². The van der Waals surface area contributed by atoms with Crippen molar-refractivity contribution in [3.8, 4) is 0 Å². The number of rotatable bonds is 6. The third kappa shape index (κ3) is 2.95. The summed E-state index contributed by atoms with van der Waals surface area (Å²) in [6, 6.07) is 0.591. The van der Waals surface area contributed by atoms with E-state index in [9.17, 15) is 0 Å². The highest BCUT2D eigenvalue weighted by atomic mass is 79.9. The first-order chi connectivity index (χ1) is 8.65. The molecule has 0 unspecified atom stereocenters. The summed E-state index contributed by atoms with van der Waals surface area (Å²) in [5, 5.41) is 8.07. The van der Waals surface area contributed by atoms with Crippen molar-refractivity contribution in [2.75, 3.05) is 6.61 Å². The molecule has 0 radical (unpaired) electrons. The van der Waals surface area contributed by atoms with Crippen LogP contribution in [0.1, 0.15) is 38.1 Å². The van der Waals surface area contributed by atoms with Gasteiger partial charge in [-0.15, -0.1) is 0 Å². The van der Waals surface area contributed by atoms with Crippen molar-refractivity contribution >= 4 is 15.9 Å². The molecule has 102 valence electrons. The van der Waals surface area contributed by atoms with Gasteiger partial charge in [-0.25, -0.2) is 0 Å². The van der Waals surface area contributed by atoms with E-state index < -0.39 is 0 Å². The topological polar surface area (TPSA) is 39.1 Å². The molecule has 4 nitrogen and oxygen atoms in total. The Hall–Kier alpha value is -0.390. The quantitative estimate of drug-likeness (QED) is 0.876. The first-order valence-electron chi connectivity index (χ1n) is 6.70. The van der Waals surface area contributed by atoms with Crippen molar-refractivity contribution in [3.05, 3.63) is 15.9 Å². The number of nitrogens with one attached hydrogen (secondary N) is 1. The van der Waals surface area contributed by atoms with Gasteiger partial charge in [0.05, 0.1) is 22.0 Å². The summed E-state index contributed by atoms with van der Waals surface area (Å²) in [7, 11) is 2.00. The summed E-state index contributed by atoms with van der Waals surface area (Å²) < 4.78 is 8.68. The second kappa shape index (κ2) is 6.17. The van der Waals surface area contributed by atoms with E-state index in [2.05, 4.69) is 40.2 Å². The van der Waals surface area contributed by atoms with E-state index in [0.29, 0.717) is 12.1 Å². The van der Waals surface area contributed by atoms with Gasteiger partial charge in [0, 0.05) is 26.2 Å². The van der Waals surface area contributed by atoms with E-state index in [0.717, 1.165) is 42.6 Å². The molecule has 1 aromatic rings. The molecule has 0 atom stereocenters. The van der Waals surface area contributed by atoms with E-state index in [-0.39, 0.29) is 0 Å². The Morgan fingerprint density at radius 1 is 1.44 bits per heavy atom. The molecule has 0 spiro atoms. The summed E-state index contributed by atoms with van der Waals surface area (Å²) in [5.74, 6) is 0. The molecule has 0 bridgehead atoms. The average molecular weight is 316 g/mol. The highest BCUT2D eigenvalue weighted by Gasteiger charge is 2.29. The van der Waals surface area contributed by atoms with E-state index >= 15 is 0 Å². The lowest BCUT2D eigenvalue weighted by molar-refractivity contribution is -0.0103. The van der Waals surface area contributed by atoms with Crippen LogP contribution in [-0.2, 0) is 24.8 Å². The smallest absolute Gasteiger partial charge is 0.0767 e. The molecule has 1 heterocycles. The highest BCUT2D eigenvalue weighted by Crippen LogP contribution is 2.25. The lowest BCUT2D eigenvalue weighted by Crippen LogP contribution is -2.45. The number of hydrogen-bond donors (Lipinski definition) is 1. The minimum absolute atomic E-state index is 0.466. The third-order valence-corrected chi connectivity index (χ3v) is 4.47. The lowest BCUT2D eigenvalue weighted by Gasteiger charge is -2.35. The van der Waals surface area contributed by atoms with Gasteiger partial charge in [-0.2, -0.15) is 5.10 Å². The molecule has 1 aliphatic rings. The predicted octanol–water partition coefficient (Wildman–Crippen LogP) is 2.40. The van der Waals surface area contributed by atoms with Crippen molar-refractivity contribution in [3.63, 3.8) is 0 Å². The van der Waals surface area contributed by atoms with Crippen molar-refractivity contribution in [2.45, 2.75) is 51.8 Å². The molecule has 0 amide bonds. The zero-order valence-electron chi connectivity index (χ0n) is 11.4. The van der Waals surface area contributed by atoms with E-state index in [1.165, 1.54) is 5.69 Å². The van der Waals surface area contributed by atoms with Crippen molar-refractivity contribution in [2.24, 2.45) is 7.05 Å². The molecule has 1 aliphatic carbocycles. The number of aromatic nitrogens is 2. The Kier molecular flexibility index (Phi) is 4.81. The standard InChI is InChI=1S/C13H22BrN3O/c1-4-11-13(14)12(17(3)16-11)8-15-9-6-10(7-9)18-5-2/h9-10,15H,4-8H2,1-3H3. The number of hydrogen-bond acceptors (Lipinski definition) is 3. The number of halogens is 1. The number of aryl methyl sites for hydroxylation is 2. The van der Waals surface area contributed by atoms with Gasteiger partial charge in [0.15, 0.2) is 0 Å². The van der Waals surface area contributed by atoms with Gasteiger partial charge in [0.1, 0.15) is 0 Å². The lowest BCUT2D eigenvalue weighted by atomic mass is 9.89. The second-order valence-electron chi connectivity index (χ2n) is 4.81. The molecular formula is C13H22BrN3O. The fourth-order valence-corrected chi connectivity index (χ4v) is 3.11. The summed E-state index contributed by atoms with van der Waals surface area (Å²) in [5.41, 5.74) is 2.36. The summed E-state index contributed by atoms with van der Waals surface area (Å²) in [4.78, 5) is 0. The average Bonchev–Trinajstić information content (AvgIpc) is 2.58. The van der Waals surface area contributed by atoms with Crippen LogP contribution in [0.3, 0.4) is 0 Å². The van der Waals surface area contributed by atoms with Crippen LogP contribution in [0.4, 0.5) is 0 Å². The van der Waals surface area contributed by atoms with Crippen LogP contribution in [0, 0.1) is 0 Å². The van der Waals surface area contributed by atoms with Crippen molar-refractivity contribution in [1.82, 2.24) is 15.1 Å². The molecule has 1 N–H and O–H groups in total. The molecular weight excluding hydrogens is 294 g/mol. The molecule has 0 aromatic carbocycles. The van der Waals surface area contributed by atoms with Crippen LogP contribution in [0.15, 0.2) is 4.47 Å². The normalized spacial score (nSPS) is 23.1. The molecule has 1 fully saturated rings. The summed E-state index contributed by atoms with van der Waals surface area (Å²) in [6.07, 6.45) is 3.69. The van der Waals surface area contributed by atoms with Gasteiger partial charge in [-0.1, -0.05) is 6.92 Å². The van der Waals surface area contributed by atoms with Crippen LogP contribution in [0.5, 0.6) is 0 Å². The van der Waals surface area contributed by atoms with Crippen LogP contribution in [-0.4, -0.2) is 28.5 Å². The Bertz CT molecular complexity index is 399. The maximum absolute atomic E-state index is 5.56. The number of ether oxygens (including phenoxy) is 1. The third-order valence-electron chi connectivity index (χ3n) is 3.56. The molecule has 5 heteroatoms. The van der Waals surface area contributed by atoms with Crippen molar-refractivity contribution in [1.29, 1.82) is 0 Å². The fraction of sp³-hybridized carbons (Fsp3) is 0.769. The molecule has 0 aliphatic heterocycles. The van der Waals surface area contributed by atoms with E-state index in [1.54, 1.807) is 0 Å². The van der Waals surface area contributed by atoms with Crippen LogP contribution >= 0.6 is 15.9 Å². The molecule has 18 heavy (non-hydrogen) atoms. The minimum atomic E-state index is 0.466. The van der Waals surface area contributed by atoms with Crippen LogP contribution in [0.25, 0.3) is 0 Å². The van der Waals surface area contributed by atoms with Crippen molar-refractivity contribution < 1.29 is 4.74 Å². The number of nitrogens with zero attached hydrogens (tertiary/aromatic N) is 2. The van der Waals surface area contributed by atoms with E-state index in [1.807, 2.05) is 11.7 Å². The monoisotopic (exact) mass is 315 g/mol. The molecule has 0 saturated heterocycles. The molecule has 1 aromatic heterocycles. The maximum atomic E-state index is 5.56.